The van der Waals surface area contributed by atoms with Crippen LogP contribution < -0.4 is 4.90 Å². The van der Waals surface area contributed by atoms with E-state index in [1.165, 1.54) is 0 Å². The van der Waals surface area contributed by atoms with Crippen LogP contribution in [0, 0.1) is 0 Å². The fourth-order valence-corrected chi connectivity index (χ4v) is 2.00. The standard InChI is InChI=1S/C13H15ClN2O/c1-2-16(10-12-4-3-7-17-12)13-9-15-6-5-11(13)8-14/h3-7,9H,2,8,10H2,1H3. The summed E-state index contributed by atoms with van der Waals surface area (Å²) in [5, 5.41) is 0. The zero-order valence-electron chi connectivity index (χ0n) is 9.77. The van der Waals surface area contributed by atoms with Crippen molar-refractivity contribution < 1.29 is 4.42 Å². The molecule has 0 atom stereocenters. The largest absolute Gasteiger partial charge is 0.467 e. The number of hydrogen-bond donors (Lipinski definition) is 0. The summed E-state index contributed by atoms with van der Waals surface area (Å²) >= 11 is 5.94. The van der Waals surface area contributed by atoms with Crippen molar-refractivity contribution in [1.82, 2.24) is 4.98 Å². The van der Waals surface area contributed by atoms with Crippen LogP contribution in [0.5, 0.6) is 0 Å². The Morgan fingerprint density at radius 2 is 2.29 bits per heavy atom. The predicted octanol–water partition coefficient (Wildman–Crippen LogP) is 3.44. The first-order valence-corrected chi connectivity index (χ1v) is 6.14. The Balaban J connectivity index is 2.22. The molecule has 0 bridgehead atoms. The van der Waals surface area contributed by atoms with Gasteiger partial charge in [-0.05, 0) is 30.7 Å². The first-order valence-electron chi connectivity index (χ1n) is 5.61. The lowest BCUT2D eigenvalue weighted by atomic mass is 10.2. The fourth-order valence-electron chi connectivity index (χ4n) is 1.77. The minimum atomic E-state index is 0.493. The third-order valence-corrected chi connectivity index (χ3v) is 2.97. The van der Waals surface area contributed by atoms with E-state index >= 15 is 0 Å². The summed E-state index contributed by atoms with van der Waals surface area (Å²) in [6.07, 6.45) is 5.31. The summed E-state index contributed by atoms with van der Waals surface area (Å²) in [5.74, 6) is 1.43. The number of aromatic nitrogens is 1. The van der Waals surface area contributed by atoms with Gasteiger partial charge in [-0.2, -0.15) is 0 Å². The molecule has 17 heavy (non-hydrogen) atoms. The van der Waals surface area contributed by atoms with Crippen LogP contribution in [0.15, 0.2) is 41.3 Å². The predicted molar refractivity (Wildman–Crippen MR) is 69.2 cm³/mol. The van der Waals surface area contributed by atoms with Crippen molar-refractivity contribution >= 4 is 17.3 Å². The quantitative estimate of drug-likeness (QED) is 0.762. The molecule has 0 unspecified atom stereocenters. The molecule has 2 heterocycles. The van der Waals surface area contributed by atoms with Crippen molar-refractivity contribution in [3.63, 3.8) is 0 Å². The van der Waals surface area contributed by atoms with Crippen LogP contribution in [-0.2, 0) is 12.4 Å². The zero-order chi connectivity index (χ0) is 12.1. The van der Waals surface area contributed by atoms with E-state index in [9.17, 15) is 0 Å². The third kappa shape index (κ3) is 2.80. The highest BCUT2D eigenvalue weighted by Gasteiger charge is 2.11. The van der Waals surface area contributed by atoms with Crippen LogP contribution in [0.3, 0.4) is 0 Å². The Morgan fingerprint density at radius 3 is 2.94 bits per heavy atom. The van der Waals surface area contributed by atoms with Gasteiger partial charge in [-0.25, -0.2) is 0 Å². The lowest BCUT2D eigenvalue weighted by Crippen LogP contribution is -2.23. The van der Waals surface area contributed by atoms with Gasteiger partial charge in [-0.1, -0.05) is 0 Å². The van der Waals surface area contributed by atoms with E-state index in [2.05, 4.69) is 16.8 Å². The van der Waals surface area contributed by atoms with Crippen molar-refractivity contribution in [3.05, 3.63) is 48.2 Å². The van der Waals surface area contributed by atoms with Crippen molar-refractivity contribution in [2.75, 3.05) is 11.4 Å². The molecule has 2 aromatic rings. The molecule has 2 rings (SSSR count). The molecule has 0 fully saturated rings. The van der Waals surface area contributed by atoms with Gasteiger partial charge in [0.2, 0.25) is 0 Å². The summed E-state index contributed by atoms with van der Waals surface area (Å²) in [6.45, 7) is 3.73. The smallest absolute Gasteiger partial charge is 0.123 e. The molecule has 0 saturated heterocycles. The van der Waals surface area contributed by atoms with Crippen molar-refractivity contribution in [3.8, 4) is 0 Å². The van der Waals surface area contributed by atoms with E-state index in [0.29, 0.717) is 5.88 Å². The van der Waals surface area contributed by atoms with Crippen LogP contribution in [0.1, 0.15) is 18.2 Å². The minimum absolute atomic E-state index is 0.493. The highest BCUT2D eigenvalue weighted by atomic mass is 35.5. The Bertz CT molecular complexity index is 456. The number of rotatable bonds is 5. The molecule has 90 valence electrons. The molecule has 0 amide bonds. The van der Waals surface area contributed by atoms with E-state index in [-0.39, 0.29) is 0 Å². The summed E-state index contributed by atoms with van der Waals surface area (Å²) in [5.41, 5.74) is 2.16. The number of anilines is 1. The first-order chi connectivity index (χ1) is 8.35. The molecule has 0 aliphatic rings. The highest BCUT2D eigenvalue weighted by molar-refractivity contribution is 6.17. The van der Waals surface area contributed by atoms with Crippen molar-refractivity contribution in [2.45, 2.75) is 19.3 Å². The van der Waals surface area contributed by atoms with Gasteiger partial charge >= 0.3 is 0 Å². The topological polar surface area (TPSA) is 29.3 Å². The fraction of sp³-hybridized carbons (Fsp3) is 0.308. The normalized spacial score (nSPS) is 10.5. The van der Waals surface area contributed by atoms with E-state index in [1.54, 1.807) is 12.5 Å². The van der Waals surface area contributed by atoms with E-state index in [1.807, 2.05) is 24.4 Å². The molecule has 0 N–H and O–H groups in total. The Labute approximate surface area is 106 Å². The molecule has 3 nitrogen and oxygen atoms in total. The number of alkyl halides is 1. The molecule has 0 aromatic carbocycles. The average Bonchev–Trinajstić information content (AvgIpc) is 2.89. The molecule has 0 saturated carbocycles. The van der Waals surface area contributed by atoms with E-state index < -0.39 is 0 Å². The molecule has 4 heteroatoms. The average molecular weight is 251 g/mol. The molecule has 0 radical (unpaired) electrons. The van der Waals surface area contributed by atoms with Gasteiger partial charge in [-0.3, -0.25) is 4.98 Å². The van der Waals surface area contributed by atoms with Gasteiger partial charge in [0, 0.05) is 18.6 Å². The second kappa shape index (κ2) is 5.73. The van der Waals surface area contributed by atoms with Gasteiger partial charge in [0.1, 0.15) is 5.76 Å². The Morgan fingerprint density at radius 1 is 1.41 bits per heavy atom. The van der Waals surface area contributed by atoms with E-state index in [0.717, 1.165) is 30.1 Å². The maximum absolute atomic E-state index is 5.94. The van der Waals surface area contributed by atoms with Gasteiger partial charge in [-0.15, -0.1) is 11.6 Å². The highest BCUT2D eigenvalue weighted by Crippen LogP contribution is 2.22. The number of furan rings is 1. The van der Waals surface area contributed by atoms with Crippen LogP contribution >= 0.6 is 11.6 Å². The molecular formula is C13H15ClN2O. The maximum atomic E-state index is 5.94. The Kier molecular flexibility index (Phi) is 4.04. The second-order valence-electron chi connectivity index (χ2n) is 3.73. The third-order valence-electron chi connectivity index (χ3n) is 2.68. The van der Waals surface area contributed by atoms with Gasteiger partial charge in [0.05, 0.1) is 24.7 Å². The summed E-state index contributed by atoms with van der Waals surface area (Å²) in [6, 6.07) is 5.82. The zero-order valence-corrected chi connectivity index (χ0v) is 10.5. The lowest BCUT2D eigenvalue weighted by Gasteiger charge is -2.23. The van der Waals surface area contributed by atoms with Crippen LogP contribution in [0.4, 0.5) is 5.69 Å². The molecule has 0 aliphatic heterocycles. The Hall–Kier alpha value is -1.48. The lowest BCUT2D eigenvalue weighted by molar-refractivity contribution is 0.503. The first kappa shape index (κ1) is 12.0. The molecule has 2 aromatic heterocycles. The summed E-state index contributed by atoms with van der Waals surface area (Å²) in [7, 11) is 0. The van der Waals surface area contributed by atoms with Crippen LogP contribution in [0.25, 0.3) is 0 Å². The molecular weight excluding hydrogens is 236 g/mol. The van der Waals surface area contributed by atoms with E-state index in [4.69, 9.17) is 16.0 Å². The van der Waals surface area contributed by atoms with Crippen molar-refractivity contribution in [1.29, 1.82) is 0 Å². The summed E-state index contributed by atoms with van der Waals surface area (Å²) in [4.78, 5) is 6.36. The maximum Gasteiger partial charge on any atom is 0.123 e. The van der Waals surface area contributed by atoms with Crippen LogP contribution in [-0.4, -0.2) is 11.5 Å². The van der Waals surface area contributed by atoms with Gasteiger partial charge in [0.25, 0.3) is 0 Å². The summed E-state index contributed by atoms with van der Waals surface area (Å²) < 4.78 is 5.37. The number of halogens is 1. The number of hydrogen-bond acceptors (Lipinski definition) is 3. The minimum Gasteiger partial charge on any atom is -0.467 e. The molecule has 0 spiro atoms. The number of nitrogens with zero attached hydrogens (tertiary/aromatic N) is 2. The number of pyridine rings is 1. The van der Waals surface area contributed by atoms with Gasteiger partial charge in [0.15, 0.2) is 0 Å². The second-order valence-corrected chi connectivity index (χ2v) is 4.00. The molecule has 0 aliphatic carbocycles. The van der Waals surface area contributed by atoms with Gasteiger partial charge < -0.3 is 9.32 Å². The SMILES string of the molecule is CCN(Cc1ccco1)c1cnccc1CCl. The van der Waals surface area contributed by atoms with Crippen LogP contribution in [0.2, 0.25) is 0 Å². The monoisotopic (exact) mass is 250 g/mol. The van der Waals surface area contributed by atoms with Crippen molar-refractivity contribution in [2.24, 2.45) is 0 Å².